The van der Waals surface area contributed by atoms with Crippen molar-refractivity contribution >= 4 is 57.1 Å². The maximum Gasteiger partial charge on any atom is 0.335 e. The fourth-order valence-corrected chi connectivity index (χ4v) is 3.79. The molecule has 0 atom stereocenters. The Balaban J connectivity index is 1.65. The van der Waals surface area contributed by atoms with Crippen LogP contribution in [-0.4, -0.2) is 25.0 Å². The zero-order chi connectivity index (χ0) is 24.2. The van der Waals surface area contributed by atoms with Crippen LogP contribution >= 0.6 is 27.5 Å². The van der Waals surface area contributed by atoms with E-state index in [1.54, 1.807) is 54.6 Å². The second-order valence-electron chi connectivity index (χ2n) is 7.25. The summed E-state index contributed by atoms with van der Waals surface area (Å²) in [5.41, 5.74) is 1.49. The molecule has 1 N–H and O–H groups in total. The lowest BCUT2D eigenvalue weighted by atomic mass is 10.1. The molecule has 34 heavy (non-hydrogen) atoms. The Labute approximate surface area is 209 Å². The summed E-state index contributed by atoms with van der Waals surface area (Å²) in [4.78, 5) is 39.1. The van der Waals surface area contributed by atoms with E-state index in [-0.39, 0.29) is 12.2 Å². The SMILES string of the molecule is COc1ccc(N2C(=O)NC(=O)/C(=C\c3cc(Br)ccc3OCc3ccc(Cl)cc3)C2=O)cc1. The Bertz CT molecular complexity index is 1290. The molecule has 9 heteroatoms. The van der Waals surface area contributed by atoms with Gasteiger partial charge in [0.05, 0.1) is 12.8 Å². The molecule has 4 amide bonds. The van der Waals surface area contributed by atoms with E-state index in [2.05, 4.69) is 21.2 Å². The summed E-state index contributed by atoms with van der Waals surface area (Å²) in [5, 5.41) is 2.84. The number of benzene rings is 3. The number of methoxy groups -OCH3 is 1. The van der Waals surface area contributed by atoms with Gasteiger partial charge in [0.25, 0.3) is 11.8 Å². The van der Waals surface area contributed by atoms with E-state index in [0.717, 1.165) is 14.9 Å². The molecular weight excluding hydrogens is 524 g/mol. The quantitative estimate of drug-likeness (QED) is 0.336. The van der Waals surface area contributed by atoms with Crippen molar-refractivity contribution in [2.75, 3.05) is 12.0 Å². The van der Waals surface area contributed by atoms with Crippen LogP contribution in [0.3, 0.4) is 0 Å². The predicted octanol–water partition coefficient (Wildman–Crippen LogP) is 5.36. The van der Waals surface area contributed by atoms with E-state index in [1.807, 2.05) is 12.1 Å². The summed E-state index contributed by atoms with van der Waals surface area (Å²) in [5.74, 6) is -0.512. The molecule has 1 fully saturated rings. The van der Waals surface area contributed by atoms with Crippen molar-refractivity contribution < 1.29 is 23.9 Å². The van der Waals surface area contributed by atoms with Crippen LogP contribution in [0.15, 0.2) is 76.8 Å². The Hall–Kier alpha value is -3.62. The smallest absolute Gasteiger partial charge is 0.335 e. The van der Waals surface area contributed by atoms with Crippen LogP contribution in [0.4, 0.5) is 10.5 Å². The van der Waals surface area contributed by atoms with Gasteiger partial charge in [-0.25, -0.2) is 9.69 Å². The zero-order valence-corrected chi connectivity index (χ0v) is 20.2. The highest BCUT2D eigenvalue weighted by atomic mass is 79.9. The highest BCUT2D eigenvalue weighted by molar-refractivity contribution is 9.10. The van der Waals surface area contributed by atoms with E-state index in [4.69, 9.17) is 21.1 Å². The molecule has 0 aromatic heterocycles. The van der Waals surface area contributed by atoms with Gasteiger partial charge >= 0.3 is 6.03 Å². The second kappa shape index (κ2) is 10.1. The molecule has 0 saturated carbocycles. The Kier molecular flexibility index (Phi) is 7.00. The standard InChI is InChI=1S/C25H18BrClN2O5/c1-33-20-9-7-19(8-10-20)29-24(31)21(23(30)28-25(29)32)13-16-12-17(26)4-11-22(16)34-14-15-2-5-18(27)6-3-15/h2-13H,14H2,1H3,(H,28,30,32)/b21-13+. The average molecular weight is 542 g/mol. The molecule has 1 heterocycles. The molecule has 7 nitrogen and oxygen atoms in total. The van der Waals surface area contributed by atoms with Crippen molar-refractivity contribution in [3.8, 4) is 11.5 Å². The first-order valence-corrected chi connectivity index (χ1v) is 11.2. The van der Waals surface area contributed by atoms with Crippen molar-refractivity contribution in [1.82, 2.24) is 5.32 Å². The maximum atomic E-state index is 13.2. The number of amides is 4. The number of imide groups is 2. The largest absolute Gasteiger partial charge is 0.497 e. The van der Waals surface area contributed by atoms with E-state index in [0.29, 0.717) is 27.8 Å². The number of hydrogen-bond donors (Lipinski definition) is 1. The molecule has 172 valence electrons. The third kappa shape index (κ3) is 5.13. The van der Waals surface area contributed by atoms with E-state index < -0.39 is 17.8 Å². The Morgan fingerprint density at radius 3 is 2.38 bits per heavy atom. The molecule has 0 radical (unpaired) electrons. The number of nitrogens with zero attached hydrogens (tertiary/aromatic N) is 1. The molecule has 0 spiro atoms. The monoisotopic (exact) mass is 540 g/mol. The predicted molar refractivity (Wildman–Crippen MR) is 132 cm³/mol. The molecule has 3 aromatic rings. The molecule has 0 unspecified atom stereocenters. The van der Waals surface area contributed by atoms with Gasteiger partial charge in [-0.15, -0.1) is 0 Å². The van der Waals surface area contributed by atoms with Gasteiger partial charge in [0, 0.05) is 15.1 Å². The van der Waals surface area contributed by atoms with Gasteiger partial charge in [0.15, 0.2) is 0 Å². The lowest BCUT2D eigenvalue weighted by Crippen LogP contribution is -2.54. The number of anilines is 1. The van der Waals surface area contributed by atoms with Gasteiger partial charge in [-0.2, -0.15) is 0 Å². The molecule has 1 aliphatic rings. The average Bonchev–Trinajstić information content (AvgIpc) is 2.82. The highest BCUT2D eigenvalue weighted by Crippen LogP contribution is 2.29. The summed E-state index contributed by atoms with van der Waals surface area (Å²) in [7, 11) is 1.51. The minimum atomic E-state index is -0.828. The second-order valence-corrected chi connectivity index (χ2v) is 8.61. The van der Waals surface area contributed by atoms with Gasteiger partial charge < -0.3 is 9.47 Å². The first-order chi connectivity index (χ1) is 16.4. The maximum absolute atomic E-state index is 13.2. The number of rotatable bonds is 6. The number of carbonyl (C=O) groups excluding carboxylic acids is 3. The van der Waals surface area contributed by atoms with Crippen molar-refractivity contribution in [2.45, 2.75) is 6.61 Å². The topological polar surface area (TPSA) is 84.9 Å². The summed E-state index contributed by atoms with van der Waals surface area (Å²) in [6.45, 7) is 0.256. The van der Waals surface area contributed by atoms with Crippen LogP contribution < -0.4 is 19.7 Å². The van der Waals surface area contributed by atoms with Crippen LogP contribution in [0.5, 0.6) is 11.5 Å². The van der Waals surface area contributed by atoms with Crippen LogP contribution in [0, 0.1) is 0 Å². The first kappa shape index (κ1) is 23.5. The summed E-state index contributed by atoms with van der Waals surface area (Å²) < 4.78 is 11.8. The van der Waals surface area contributed by atoms with E-state index in [1.165, 1.54) is 13.2 Å². The van der Waals surface area contributed by atoms with Crippen LogP contribution in [0.25, 0.3) is 6.08 Å². The minimum absolute atomic E-state index is 0.204. The fourth-order valence-electron chi connectivity index (χ4n) is 3.28. The van der Waals surface area contributed by atoms with E-state index in [9.17, 15) is 14.4 Å². The lowest BCUT2D eigenvalue weighted by Gasteiger charge is -2.26. The molecule has 4 rings (SSSR count). The summed E-state index contributed by atoms with van der Waals surface area (Å²) >= 11 is 9.34. The van der Waals surface area contributed by atoms with Gasteiger partial charge in [-0.3, -0.25) is 14.9 Å². The lowest BCUT2D eigenvalue weighted by molar-refractivity contribution is -0.122. The van der Waals surface area contributed by atoms with Crippen molar-refractivity contribution in [2.24, 2.45) is 0 Å². The van der Waals surface area contributed by atoms with Crippen molar-refractivity contribution in [3.05, 3.63) is 92.9 Å². The molecule has 0 aliphatic carbocycles. The Morgan fingerprint density at radius 1 is 1.00 bits per heavy atom. The van der Waals surface area contributed by atoms with Gasteiger partial charge in [0.2, 0.25) is 0 Å². The number of halogens is 2. The normalized spacial score (nSPS) is 14.9. The summed E-state index contributed by atoms with van der Waals surface area (Å²) in [6, 6.07) is 18.0. The Morgan fingerprint density at radius 2 is 1.71 bits per heavy atom. The minimum Gasteiger partial charge on any atom is -0.497 e. The molecule has 3 aromatic carbocycles. The van der Waals surface area contributed by atoms with Crippen LogP contribution in [0.1, 0.15) is 11.1 Å². The fraction of sp³-hybridized carbons (Fsp3) is 0.0800. The zero-order valence-electron chi connectivity index (χ0n) is 17.9. The van der Waals surface area contributed by atoms with Crippen LogP contribution in [0.2, 0.25) is 5.02 Å². The number of barbiturate groups is 1. The third-order valence-corrected chi connectivity index (χ3v) is 5.76. The van der Waals surface area contributed by atoms with Crippen molar-refractivity contribution in [1.29, 1.82) is 0 Å². The third-order valence-electron chi connectivity index (χ3n) is 5.01. The number of ether oxygens (including phenoxy) is 2. The molecule has 1 aliphatic heterocycles. The number of hydrogen-bond acceptors (Lipinski definition) is 5. The summed E-state index contributed by atoms with van der Waals surface area (Å²) in [6.07, 6.45) is 1.41. The van der Waals surface area contributed by atoms with Gasteiger partial charge in [-0.05, 0) is 66.2 Å². The van der Waals surface area contributed by atoms with Crippen molar-refractivity contribution in [3.63, 3.8) is 0 Å². The molecule has 0 bridgehead atoms. The molecule has 1 saturated heterocycles. The number of carbonyl (C=O) groups is 3. The van der Waals surface area contributed by atoms with Crippen LogP contribution in [-0.2, 0) is 16.2 Å². The molecular formula is C25H18BrClN2O5. The highest BCUT2D eigenvalue weighted by Gasteiger charge is 2.37. The number of nitrogens with one attached hydrogen (secondary N) is 1. The first-order valence-electron chi connectivity index (χ1n) is 10.1. The number of urea groups is 1. The van der Waals surface area contributed by atoms with E-state index >= 15 is 0 Å². The van der Waals surface area contributed by atoms with Gasteiger partial charge in [-0.1, -0.05) is 39.7 Å². The van der Waals surface area contributed by atoms with Gasteiger partial charge in [0.1, 0.15) is 23.7 Å².